The van der Waals surface area contributed by atoms with E-state index in [2.05, 4.69) is 0 Å². The Kier molecular flexibility index (Phi) is 3.11. The van der Waals surface area contributed by atoms with Crippen molar-refractivity contribution in [1.29, 1.82) is 0 Å². The fourth-order valence-corrected chi connectivity index (χ4v) is 3.74. The summed E-state index contributed by atoms with van der Waals surface area (Å²) in [5.41, 5.74) is 1.84. The zero-order valence-electron chi connectivity index (χ0n) is 11.0. The van der Waals surface area contributed by atoms with E-state index in [-0.39, 0.29) is 11.9 Å². The number of halogens is 1. The maximum absolute atomic E-state index is 12.9. The lowest BCUT2D eigenvalue weighted by Gasteiger charge is -2.07. The first-order valence-corrected chi connectivity index (χ1v) is 7.76. The lowest BCUT2D eigenvalue weighted by atomic mass is 10.2. The monoisotopic (exact) mass is 291 g/mol. The summed E-state index contributed by atoms with van der Waals surface area (Å²) in [5, 5.41) is 0. The molecule has 3 nitrogen and oxygen atoms in total. The maximum atomic E-state index is 12.9. The third kappa shape index (κ3) is 2.34. The van der Waals surface area contributed by atoms with Crippen molar-refractivity contribution < 1.29 is 12.8 Å². The maximum Gasteiger partial charge on any atom is 0.243 e. The van der Waals surface area contributed by atoms with Crippen LogP contribution in [0.5, 0.6) is 0 Å². The van der Waals surface area contributed by atoms with Gasteiger partial charge in [-0.2, -0.15) is 4.31 Å². The molecule has 0 bridgehead atoms. The summed E-state index contributed by atoms with van der Waals surface area (Å²) in [5.74, 6) is -0.317. The van der Waals surface area contributed by atoms with Crippen molar-refractivity contribution in [1.82, 2.24) is 4.31 Å². The van der Waals surface area contributed by atoms with Crippen LogP contribution in [0.3, 0.4) is 0 Å². The molecule has 2 atom stereocenters. The van der Waals surface area contributed by atoms with Crippen LogP contribution in [0.2, 0.25) is 0 Å². The molecule has 3 rings (SSSR count). The average Bonchev–Trinajstić information content (AvgIpc) is 3.21. The number of nitrogens with zero attached hydrogens (tertiary/aromatic N) is 1. The second kappa shape index (κ2) is 4.68. The molecule has 0 amide bonds. The van der Waals surface area contributed by atoms with Crippen LogP contribution in [-0.4, -0.2) is 19.3 Å². The van der Waals surface area contributed by atoms with E-state index in [0.29, 0.717) is 11.4 Å². The summed E-state index contributed by atoms with van der Waals surface area (Å²) < 4.78 is 39.1. The molecular formula is C15H14FNO2S. The van der Waals surface area contributed by atoms with Gasteiger partial charge in [0.2, 0.25) is 10.0 Å². The second-order valence-corrected chi connectivity index (χ2v) is 6.85. The van der Waals surface area contributed by atoms with E-state index in [9.17, 15) is 12.8 Å². The minimum atomic E-state index is -3.45. The van der Waals surface area contributed by atoms with Crippen molar-refractivity contribution in [2.75, 3.05) is 6.54 Å². The van der Waals surface area contributed by atoms with Gasteiger partial charge in [0.15, 0.2) is 0 Å². The highest BCUT2D eigenvalue weighted by molar-refractivity contribution is 7.89. The molecule has 0 N–H and O–H groups in total. The zero-order valence-corrected chi connectivity index (χ0v) is 11.8. The van der Waals surface area contributed by atoms with Crippen molar-refractivity contribution in [2.24, 2.45) is 0 Å². The van der Waals surface area contributed by atoms with Gasteiger partial charge >= 0.3 is 0 Å². The molecule has 2 aromatic rings. The number of sulfonamides is 1. The predicted molar refractivity (Wildman–Crippen MR) is 74.2 cm³/mol. The van der Waals surface area contributed by atoms with Gasteiger partial charge in [0.25, 0.3) is 0 Å². The molecular weight excluding hydrogens is 277 g/mol. The number of hydrogen-bond acceptors (Lipinski definition) is 2. The molecule has 0 spiro atoms. The normalized spacial score (nSPS) is 21.7. The van der Waals surface area contributed by atoms with Crippen molar-refractivity contribution in [2.45, 2.75) is 17.9 Å². The molecule has 1 heterocycles. The van der Waals surface area contributed by atoms with Gasteiger partial charge in [0.1, 0.15) is 5.82 Å². The van der Waals surface area contributed by atoms with Gasteiger partial charge in [0.05, 0.1) is 10.9 Å². The first-order chi connectivity index (χ1) is 9.48. The topological polar surface area (TPSA) is 37.1 Å². The van der Waals surface area contributed by atoms with Gasteiger partial charge in [-0.3, -0.25) is 0 Å². The van der Waals surface area contributed by atoms with Crippen LogP contribution in [0.25, 0.3) is 0 Å². The van der Waals surface area contributed by atoms with Crippen molar-refractivity contribution in [3.05, 3.63) is 65.5 Å². The van der Waals surface area contributed by atoms with Gasteiger partial charge in [-0.05, 0) is 36.8 Å². The Morgan fingerprint density at radius 3 is 2.25 bits per heavy atom. The van der Waals surface area contributed by atoms with Crippen molar-refractivity contribution in [3.8, 4) is 0 Å². The highest BCUT2D eigenvalue weighted by Crippen LogP contribution is 2.40. The highest BCUT2D eigenvalue weighted by atomic mass is 32.2. The SMILES string of the molecule is Cc1ccc(S(=O)(=O)N2C[C@H]2c2ccc(F)cc2)cc1. The molecule has 20 heavy (non-hydrogen) atoms. The molecule has 1 aliphatic rings. The van der Waals surface area contributed by atoms with Crippen LogP contribution in [0.4, 0.5) is 4.39 Å². The molecule has 1 saturated heterocycles. The number of benzene rings is 2. The highest BCUT2D eigenvalue weighted by Gasteiger charge is 2.45. The smallest absolute Gasteiger partial charge is 0.207 e. The first kappa shape index (κ1) is 13.3. The van der Waals surface area contributed by atoms with Crippen molar-refractivity contribution in [3.63, 3.8) is 0 Å². The quantitative estimate of drug-likeness (QED) is 0.815. The number of aryl methyl sites for hydroxylation is 1. The van der Waals surface area contributed by atoms with Gasteiger partial charge in [-0.25, -0.2) is 12.8 Å². The lowest BCUT2D eigenvalue weighted by Crippen LogP contribution is -2.12. The van der Waals surface area contributed by atoms with E-state index in [1.165, 1.54) is 16.4 Å². The molecule has 0 radical (unpaired) electrons. The lowest BCUT2D eigenvalue weighted by molar-refractivity contribution is 0.554. The predicted octanol–water partition coefficient (Wildman–Crippen LogP) is 2.88. The van der Waals surface area contributed by atoms with E-state index < -0.39 is 10.0 Å². The van der Waals surface area contributed by atoms with Crippen LogP contribution >= 0.6 is 0 Å². The standard InChI is InChI=1S/C15H14FNO2S/c1-11-2-8-14(9-3-11)20(18,19)17-10-15(17)12-4-6-13(16)7-5-12/h2-9,15H,10H2,1H3/t15-,17?/m0/s1. The summed E-state index contributed by atoms with van der Waals surface area (Å²) in [6.45, 7) is 2.36. The summed E-state index contributed by atoms with van der Waals surface area (Å²) in [6, 6.07) is 12.6. The molecule has 1 unspecified atom stereocenters. The van der Waals surface area contributed by atoms with Crippen LogP contribution in [0.1, 0.15) is 17.2 Å². The molecule has 5 heteroatoms. The molecule has 0 aromatic heterocycles. The fourth-order valence-electron chi connectivity index (χ4n) is 2.19. The van der Waals surface area contributed by atoms with E-state index in [1.807, 2.05) is 6.92 Å². The minimum absolute atomic E-state index is 0.179. The Bertz CT molecular complexity index is 723. The Balaban J connectivity index is 1.84. The van der Waals surface area contributed by atoms with E-state index in [1.54, 1.807) is 36.4 Å². The molecule has 104 valence electrons. The van der Waals surface area contributed by atoms with Crippen molar-refractivity contribution >= 4 is 10.0 Å². The van der Waals surface area contributed by atoms with Crippen LogP contribution in [-0.2, 0) is 10.0 Å². The number of hydrogen-bond donors (Lipinski definition) is 0. The Labute approximate surface area is 117 Å². The third-order valence-electron chi connectivity index (χ3n) is 3.45. The van der Waals surface area contributed by atoms with Gasteiger partial charge in [0, 0.05) is 6.54 Å². The van der Waals surface area contributed by atoms with Gasteiger partial charge in [-0.15, -0.1) is 0 Å². The van der Waals surface area contributed by atoms with Gasteiger partial charge < -0.3 is 0 Å². The summed E-state index contributed by atoms with van der Waals surface area (Å²) in [4.78, 5) is 0.299. The van der Waals surface area contributed by atoms with Gasteiger partial charge in [-0.1, -0.05) is 29.8 Å². The molecule has 2 aromatic carbocycles. The van der Waals surface area contributed by atoms with E-state index in [0.717, 1.165) is 11.1 Å². The number of rotatable bonds is 3. The summed E-state index contributed by atoms with van der Waals surface area (Å²) in [7, 11) is -3.45. The molecule has 1 aliphatic heterocycles. The fraction of sp³-hybridized carbons (Fsp3) is 0.200. The Morgan fingerprint density at radius 2 is 1.65 bits per heavy atom. The largest absolute Gasteiger partial charge is 0.243 e. The second-order valence-electron chi connectivity index (χ2n) is 4.96. The molecule has 0 aliphatic carbocycles. The van der Waals surface area contributed by atoms with E-state index in [4.69, 9.17) is 0 Å². The molecule has 1 fully saturated rings. The van der Waals surface area contributed by atoms with Crippen LogP contribution in [0.15, 0.2) is 53.4 Å². The van der Waals surface area contributed by atoms with E-state index >= 15 is 0 Å². The average molecular weight is 291 g/mol. The van der Waals surface area contributed by atoms with Crippen LogP contribution < -0.4 is 0 Å². The minimum Gasteiger partial charge on any atom is -0.207 e. The Morgan fingerprint density at radius 1 is 1.05 bits per heavy atom. The van der Waals surface area contributed by atoms with Crippen LogP contribution in [0, 0.1) is 12.7 Å². The first-order valence-electron chi connectivity index (χ1n) is 6.32. The molecule has 0 saturated carbocycles. The third-order valence-corrected chi connectivity index (χ3v) is 5.34. The zero-order chi connectivity index (χ0) is 14.3. The summed E-state index contributed by atoms with van der Waals surface area (Å²) >= 11 is 0. The summed E-state index contributed by atoms with van der Waals surface area (Å²) in [6.07, 6.45) is 0. The Hall–Kier alpha value is -1.72.